The summed E-state index contributed by atoms with van der Waals surface area (Å²) in [4.78, 5) is 20.7. The van der Waals surface area contributed by atoms with Crippen LogP contribution < -0.4 is 0 Å². The van der Waals surface area contributed by atoms with Crippen molar-refractivity contribution >= 4 is 22.9 Å². The molecule has 0 saturated carbocycles. The number of aromatic nitrogens is 4. The molecule has 0 bridgehead atoms. The Hall–Kier alpha value is -2.78. The number of aliphatic hydroxyl groups excluding tert-OH is 1. The highest BCUT2D eigenvalue weighted by Gasteiger charge is 2.37. The predicted molar refractivity (Wildman–Crippen MR) is 136 cm³/mol. The second-order valence-electron chi connectivity index (χ2n) is 8.84. The molecule has 0 spiro atoms. The topological polar surface area (TPSA) is 81.2 Å². The Morgan fingerprint density at radius 2 is 1.59 bits per heavy atom. The van der Waals surface area contributed by atoms with Crippen LogP contribution in [0.3, 0.4) is 0 Å². The maximum Gasteiger partial charge on any atom is 0.181 e. The molecule has 34 heavy (non-hydrogen) atoms. The van der Waals surface area contributed by atoms with Crippen molar-refractivity contribution in [1.82, 2.24) is 29.7 Å². The highest BCUT2D eigenvalue weighted by molar-refractivity contribution is 7.99. The Balaban J connectivity index is 1.21. The molecule has 2 N–H and O–H groups in total. The Labute approximate surface area is 204 Å². The second-order valence-corrected chi connectivity index (χ2v) is 9.85. The lowest BCUT2D eigenvalue weighted by Gasteiger charge is -2.47. The Morgan fingerprint density at radius 1 is 0.941 bits per heavy atom. The molecule has 5 rings (SSSR count). The number of thioether (sulfide) groups is 1. The van der Waals surface area contributed by atoms with Crippen molar-refractivity contribution in [2.24, 2.45) is 0 Å². The summed E-state index contributed by atoms with van der Waals surface area (Å²) < 4.78 is 0. The van der Waals surface area contributed by atoms with Gasteiger partial charge in [0.15, 0.2) is 5.65 Å². The molecule has 1 unspecified atom stereocenters. The predicted octanol–water partition coefficient (Wildman–Crippen LogP) is 3.39. The molecule has 3 heterocycles. The molecule has 8 heteroatoms. The Bertz CT molecular complexity index is 1150. The molecule has 1 aliphatic heterocycles. The van der Waals surface area contributed by atoms with Crippen LogP contribution in [0.15, 0.2) is 78.3 Å². The number of fused-ring (bicyclic) bond motifs is 1. The molecule has 1 saturated heterocycles. The summed E-state index contributed by atoms with van der Waals surface area (Å²) in [7, 11) is 0. The molecule has 1 fully saturated rings. The number of nitrogens with one attached hydrogen (secondary N) is 1. The molecule has 176 valence electrons. The van der Waals surface area contributed by atoms with Gasteiger partial charge in [-0.15, -0.1) is 11.8 Å². The number of rotatable bonds is 8. The van der Waals surface area contributed by atoms with Crippen molar-refractivity contribution in [1.29, 1.82) is 0 Å². The summed E-state index contributed by atoms with van der Waals surface area (Å²) in [6.07, 6.45) is 2.71. The third-order valence-electron chi connectivity index (χ3n) is 6.75. The third kappa shape index (κ3) is 4.72. The van der Waals surface area contributed by atoms with E-state index in [1.807, 2.05) is 0 Å². The van der Waals surface area contributed by atoms with Crippen LogP contribution in [0.25, 0.3) is 11.2 Å². The van der Waals surface area contributed by atoms with Gasteiger partial charge in [-0.1, -0.05) is 60.7 Å². The smallest absolute Gasteiger partial charge is 0.181 e. The van der Waals surface area contributed by atoms with Gasteiger partial charge < -0.3 is 10.1 Å². The standard InChI is InChI=1S/C26H30N6OS/c1-26(20-8-4-2-5-9-20,21-10-6-3-7-11-21)32-14-12-31(13-15-32)16-22(33)17-34-25-23-24(28-18-27-23)29-19-30-25/h2-11,18-19,22,33H,12-17H2,1H3,(H,27,28,29,30). The highest BCUT2D eigenvalue weighted by atomic mass is 32.2. The van der Waals surface area contributed by atoms with E-state index in [1.54, 1.807) is 18.1 Å². The van der Waals surface area contributed by atoms with Crippen molar-refractivity contribution in [3.8, 4) is 0 Å². The molecular formula is C26H30N6OS. The van der Waals surface area contributed by atoms with Crippen molar-refractivity contribution < 1.29 is 5.11 Å². The minimum Gasteiger partial charge on any atom is -0.391 e. The fourth-order valence-electron chi connectivity index (χ4n) is 4.81. The van der Waals surface area contributed by atoms with Crippen LogP contribution in [0.4, 0.5) is 0 Å². The quantitative estimate of drug-likeness (QED) is 0.299. The summed E-state index contributed by atoms with van der Waals surface area (Å²) >= 11 is 1.54. The number of aromatic amines is 1. The minimum atomic E-state index is -0.431. The van der Waals surface area contributed by atoms with Gasteiger partial charge in [0.05, 0.1) is 18.0 Å². The average molecular weight is 475 g/mol. The average Bonchev–Trinajstić information content (AvgIpc) is 3.38. The first-order valence-corrected chi connectivity index (χ1v) is 12.7. The maximum absolute atomic E-state index is 10.7. The fraction of sp³-hybridized carbons (Fsp3) is 0.346. The highest BCUT2D eigenvalue weighted by Crippen LogP contribution is 2.36. The molecule has 2 aromatic carbocycles. The number of aliphatic hydroxyl groups is 1. The number of hydrogen-bond acceptors (Lipinski definition) is 7. The number of hydrogen-bond donors (Lipinski definition) is 2. The zero-order chi connectivity index (χ0) is 23.4. The molecule has 0 radical (unpaired) electrons. The lowest BCUT2D eigenvalue weighted by molar-refractivity contribution is 0.0412. The summed E-state index contributed by atoms with van der Waals surface area (Å²) in [5, 5.41) is 11.5. The van der Waals surface area contributed by atoms with Crippen molar-refractivity contribution in [2.45, 2.75) is 23.6 Å². The normalized spacial score (nSPS) is 16.6. The van der Waals surface area contributed by atoms with E-state index in [0.29, 0.717) is 17.9 Å². The number of H-pyrrole nitrogens is 1. The van der Waals surface area contributed by atoms with Gasteiger partial charge in [0.25, 0.3) is 0 Å². The first-order valence-electron chi connectivity index (χ1n) is 11.7. The van der Waals surface area contributed by atoms with Gasteiger partial charge in [0, 0.05) is 38.5 Å². The lowest BCUT2D eigenvalue weighted by atomic mass is 9.82. The van der Waals surface area contributed by atoms with Gasteiger partial charge in [-0.3, -0.25) is 9.80 Å². The van der Waals surface area contributed by atoms with E-state index in [-0.39, 0.29) is 5.54 Å². The lowest BCUT2D eigenvalue weighted by Crippen LogP contribution is -2.55. The Kier molecular flexibility index (Phi) is 6.92. The first-order chi connectivity index (χ1) is 16.6. The van der Waals surface area contributed by atoms with Gasteiger partial charge in [-0.05, 0) is 18.1 Å². The molecule has 4 aromatic rings. The number of β-amino-alcohol motifs (C(OH)–C–C–N with tert-alkyl or cyclic N) is 1. The largest absolute Gasteiger partial charge is 0.391 e. The van der Waals surface area contributed by atoms with Crippen LogP contribution in [0.1, 0.15) is 18.1 Å². The van der Waals surface area contributed by atoms with Crippen LogP contribution in [0.2, 0.25) is 0 Å². The van der Waals surface area contributed by atoms with E-state index < -0.39 is 6.10 Å². The monoisotopic (exact) mass is 474 g/mol. The zero-order valence-corrected chi connectivity index (χ0v) is 20.2. The molecular weight excluding hydrogens is 444 g/mol. The van der Waals surface area contributed by atoms with Gasteiger partial charge in [-0.2, -0.15) is 0 Å². The van der Waals surface area contributed by atoms with E-state index in [4.69, 9.17) is 0 Å². The van der Waals surface area contributed by atoms with Crippen LogP contribution >= 0.6 is 11.8 Å². The maximum atomic E-state index is 10.7. The van der Waals surface area contributed by atoms with Gasteiger partial charge in [0.1, 0.15) is 16.9 Å². The van der Waals surface area contributed by atoms with E-state index in [2.05, 4.69) is 97.3 Å². The molecule has 1 atom stereocenters. The number of imidazole rings is 1. The van der Waals surface area contributed by atoms with Crippen LogP contribution in [0, 0.1) is 0 Å². The zero-order valence-electron chi connectivity index (χ0n) is 19.3. The van der Waals surface area contributed by atoms with Crippen LogP contribution in [-0.2, 0) is 5.54 Å². The van der Waals surface area contributed by atoms with E-state index >= 15 is 0 Å². The van der Waals surface area contributed by atoms with Gasteiger partial charge in [-0.25, -0.2) is 15.0 Å². The van der Waals surface area contributed by atoms with Crippen molar-refractivity contribution in [2.75, 3.05) is 38.5 Å². The third-order valence-corrected chi connectivity index (χ3v) is 7.88. The first kappa shape index (κ1) is 23.0. The molecule has 1 aliphatic rings. The Morgan fingerprint density at radius 3 is 2.24 bits per heavy atom. The summed E-state index contributed by atoms with van der Waals surface area (Å²) in [5.41, 5.74) is 3.91. The summed E-state index contributed by atoms with van der Waals surface area (Å²) in [5.74, 6) is 0.580. The SMILES string of the molecule is CC(c1ccccc1)(c1ccccc1)N1CCN(CC(O)CSc2ncnc3nc[nH]c23)CC1. The van der Waals surface area contributed by atoms with E-state index in [9.17, 15) is 5.11 Å². The van der Waals surface area contributed by atoms with E-state index in [1.165, 1.54) is 17.5 Å². The number of piperazine rings is 1. The number of nitrogens with zero attached hydrogens (tertiary/aromatic N) is 5. The molecule has 0 amide bonds. The van der Waals surface area contributed by atoms with Crippen molar-refractivity contribution in [3.05, 3.63) is 84.4 Å². The van der Waals surface area contributed by atoms with Crippen LogP contribution in [0.5, 0.6) is 0 Å². The minimum absolute atomic E-state index is 0.189. The van der Waals surface area contributed by atoms with E-state index in [0.717, 1.165) is 36.7 Å². The fourth-order valence-corrected chi connectivity index (χ4v) is 5.68. The summed E-state index contributed by atoms with van der Waals surface area (Å²) in [6, 6.07) is 21.5. The number of benzene rings is 2. The van der Waals surface area contributed by atoms with Gasteiger partial charge in [0.2, 0.25) is 0 Å². The second kappa shape index (κ2) is 10.2. The van der Waals surface area contributed by atoms with Crippen molar-refractivity contribution in [3.63, 3.8) is 0 Å². The van der Waals surface area contributed by atoms with Crippen LogP contribution in [-0.4, -0.2) is 79.4 Å². The summed E-state index contributed by atoms with van der Waals surface area (Å²) in [6.45, 7) is 6.73. The molecule has 0 aliphatic carbocycles. The van der Waals surface area contributed by atoms with Gasteiger partial charge >= 0.3 is 0 Å². The molecule has 7 nitrogen and oxygen atoms in total. The molecule has 2 aromatic heterocycles.